The standard InChI is InChI=1S/C24H25F3N2O6S/c1-14(24(25,26)27)33-18-8-5-9-19(34-17-6-4-7-17)22(18)36(31,32)28-23(30)21-12-15-10-11-16(29(2)3)13-20(15)35-21/h5,8-14,17H,4,6-7H2,1-3H3,(H,28,30). The fraction of sp³-hybridized carbons (Fsp3) is 0.375. The number of hydrogen-bond acceptors (Lipinski definition) is 7. The van der Waals surface area contributed by atoms with Gasteiger partial charge in [-0.3, -0.25) is 4.79 Å². The Labute approximate surface area is 206 Å². The van der Waals surface area contributed by atoms with Gasteiger partial charge in [0.2, 0.25) is 0 Å². The first-order valence-electron chi connectivity index (χ1n) is 11.2. The van der Waals surface area contributed by atoms with Gasteiger partial charge in [0.1, 0.15) is 17.1 Å². The summed E-state index contributed by atoms with van der Waals surface area (Å²) in [5.74, 6) is -2.16. The zero-order valence-corrected chi connectivity index (χ0v) is 20.6. The van der Waals surface area contributed by atoms with Crippen molar-refractivity contribution in [3.8, 4) is 11.5 Å². The number of benzene rings is 2. The minimum atomic E-state index is -4.74. The van der Waals surface area contributed by atoms with Gasteiger partial charge in [0.05, 0.1) is 6.10 Å². The smallest absolute Gasteiger partial charge is 0.425 e. The molecule has 2 aromatic carbocycles. The molecule has 0 radical (unpaired) electrons. The summed E-state index contributed by atoms with van der Waals surface area (Å²) in [5.41, 5.74) is 1.17. The number of rotatable bonds is 8. The molecule has 0 spiro atoms. The van der Waals surface area contributed by atoms with Crippen LogP contribution in [0.2, 0.25) is 0 Å². The third kappa shape index (κ3) is 5.38. The second-order valence-corrected chi connectivity index (χ2v) is 10.3. The predicted molar refractivity (Wildman–Crippen MR) is 126 cm³/mol. The second-order valence-electron chi connectivity index (χ2n) is 8.72. The van der Waals surface area contributed by atoms with Gasteiger partial charge in [-0.2, -0.15) is 13.2 Å². The summed E-state index contributed by atoms with van der Waals surface area (Å²) in [5, 5.41) is 0.569. The highest BCUT2D eigenvalue weighted by Crippen LogP contribution is 2.38. The van der Waals surface area contributed by atoms with Gasteiger partial charge < -0.3 is 18.8 Å². The largest absolute Gasteiger partial charge is 0.489 e. The second kappa shape index (κ2) is 9.57. The van der Waals surface area contributed by atoms with Gasteiger partial charge >= 0.3 is 12.1 Å². The maximum absolute atomic E-state index is 13.3. The highest BCUT2D eigenvalue weighted by molar-refractivity contribution is 7.90. The van der Waals surface area contributed by atoms with E-state index in [2.05, 4.69) is 0 Å². The SMILES string of the molecule is CC(Oc1cccc(OC2CCC2)c1S(=O)(=O)NC(=O)c1cc2ccc(N(C)C)cc2o1)C(F)(F)F. The molecule has 1 aromatic heterocycles. The van der Waals surface area contributed by atoms with E-state index in [0.29, 0.717) is 23.8 Å². The summed E-state index contributed by atoms with van der Waals surface area (Å²) < 4.78 is 84.2. The van der Waals surface area contributed by atoms with Crippen molar-refractivity contribution >= 4 is 32.6 Å². The van der Waals surface area contributed by atoms with Crippen molar-refractivity contribution in [1.29, 1.82) is 0 Å². The molecule has 1 fully saturated rings. The zero-order valence-electron chi connectivity index (χ0n) is 19.8. The van der Waals surface area contributed by atoms with Crippen LogP contribution in [-0.4, -0.2) is 46.8 Å². The van der Waals surface area contributed by atoms with Gasteiger partial charge in [-0.15, -0.1) is 0 Å². The van der Waals surface area contributed by atoms with Crippen LogP contribution in [0.25, 0.3) is 11.0 Å². The molecule has 12 heteroatoms. The van der Waals surface area contributed by atoms with Gasteiger partial charge in [0.15, 0.2) is 16.8 Å². The fourth-order valence-electron chi connectivity index (χ4n) is 3.50. The lowest BCUT2D eigenvalue weighted by Gasteiger charge is -2.28. The Bertz CT molecular complexity index is 1380. The Morgan fingerprint density at radius 2 is 1.83 bits per heavy atom. The van der Waals surface area contributed by atoms with E-state index in [1.54, 1.807) is 18.2 Å². The molecule has 194 valence electrons. The highest BCUT2D eigenvalue weighted by atomic mass is 32.2. The third-order valence-electron chi connectivity index (χ3n) is 5.79. The minimum Gasteiger partial charge on any atom is -0.489 e. The molecule has 36 heavy (non-hydrogen) atoms. The average molecular weight is 527 g/mol. The van der Waals surface area contributed by atoms with Gasteiger partial charge in [-0.1, -0.05) is 6.07 Å². The van der Waals surface area contributed by atoms with E-state index >= 15 is 0 Å². The van der Waals surface area contributed by atoms with E-state index in [9.17, 15) is 26.4 Å². The topological polar surface area (TPSA) is 98.1 Å². The Kier molecular flexibility index (Phi) is 6.82. The number of amides is 1. The van der Waals surface area contributed by atoms with Crippen molar-refractivity contribution in [3.63, 3.8) is 0 Å². The number of carbonyl (C=O) groups excluding carboxylic acids is 1. The number of alkyl halides is 3. The number of anilines is 1. The third-order valence-corrected chi connectivity index (χ3v) is 7.19. The number of fused-ring (bicyclic) bond motifs is 1. The molecule has 8 nitrogen and oxygen atoms in total. The van der Waals surface area contributed by atoms with E-state index in [4.69, 9.17) is 13.9 Å². The van der Waals surface area contributed by atoms with Crippen LogP contribution in [0.3, 0.4) is 0 Å². The first-order valence-corrected chi connectivity index (χ1v) is 12.6. The molecule has 1 amide bonds. The van der Waals surface area contributed by atoms with Crippen LogP contribution in [0, 0.1) is 0 Å². The lowest BCUT2D eigenvalue weighted by Crippen LogP contribution is -2.34. The van der Waals surface area contributed by atoms with Crippen molar-refractivity contribution in [3.05, 3.63) is 48.2 Å². The number of nitrogens with zero attached hydrogens (tertiary/aromatic N) is 1. The normalized spacial score (nSPS) is 15.3. The Morgan fingerprint density at radius 1 is 1.14 bits per heavy atom. The first kappa shape index (κ1) is 25.7. The van der Waals surface area contributed by atoms with Crippen LogP contribution < -0.4 is 19.1 Å². The summed E-state index contributed by atoms with van der Waals surface area (Å²) in [7, 11) is -1.08. The minimum absolute atomic E-state index is 0.202. The number of sulfonamides is 1. The number of ether oxygens (including phenoxy) is 2. The summed E-state index contributed by atoms with van der Waals surface area (Å²) >= 11 is 0. The predicted octanol–water partition coefficient (Wildman–Crippen LogP) is 4.88. The summed E-state index contributed by atoms with van der Waals surface area (Å²) in [6.45, 7) is 0.755. The summed E-state index contributed by atoms with van der Waals surface area (Å²) in [6, 6.07) is 10.3. The molecule has 1 aliphatic rings. The number of nitrogens with one attached hydrogen (secondary N) is 1. The van der Waals surface area contributed by atoms with Crippen molar-refractivity contribution in [1.82, 2.24) is 4.72 Å². The maximum Gasteiger partial charge on any atom is 0.425 e. The molecule has 1 atom stereocenters. The Morgan fingerprint density at radius 3 is 2.44 bits per heavy atom. The molecule has 1 unspecified atom stereocenters. The quantitative estimate of drug-likeness (QED) is 0.447. The zero-order chi connectivity index (χ0) is 26.3. The van der Waals surface area contributed by atoms with Gasteiger partial charge in [0.25, 0.3) is 10.0 Å². The van der Waals surface area contributed by atoms with E-state index < -0.39 is 38.9 Å². The van der Waals surface area contributed by atoms with E-state index in [1.807, 2.05) is 23.7 Å². The number of furan rings is 1. The molecule has 0 bridgehead atoms. The molecule has 4 rings (SSSR count). The maximum atomic E-state index is 13.3. The average Bonchev–Trinajstić information content (AvgIpc) is 3.19. The number of carbonyl (C=O) groups is 1. The number of hydrogen-bond donors (Lipinski definition) is 1. The van der Waals surface area contributed by atoms with Gasteiger partial charge in [0, 0.05) is 31.2 Å². The van der Waals surface area contributed by atoms with Crippen LogP contribution in [0.1, 0.15) is 36.7 Å². The molecule has 1 N–H and O–H groups in total. The molecule has 0 saturated heterocycles. The van der Waals surface area contributed by atoms with Gasteiger partial charge in [-0.05, 0) is 56.5 Å². The fourth-order valence-corrected chi connectivity index (χ4v) is 4.71. The molecule has 3 aromatic rings. The monoisotopic (exact) mass is 526 g/mol. The van der Waals surface area contributed by atoms with Gasteiger partial charge in [-0.25, -0.2) is 13.1 Å². The highest BCUT2D eigenvalue weighted by Gasteiger charge is 2.40. The van der Waals surface area contributed by atoms with Crippen LogP contribution >= 0.6 is 0 Å². The molecule has 1 aliphatic carbocycles. The molecular formula is C24H25F3N2O6S. The van der Waals surface area contributed by atoms with Crippen LogP contribution in [-0.2, 0) is 10.0 Å². The van der Waals surface area contributed by atoms with Crippen LogP contribution in [0.4, 0.5) is 18.9 Å². The molecular weight excluding hydrogens is 501 g/mol. The first-order chi connectivity index (χ1) is 16.8. The van der Waals surface area contributed by atoms with Crippen LogP contribution in [0.5, 0.6) is 11.5 Å². The van der Waals surface area contributed by atoms with Crippen LogP contribution in [0.15, 0.2) is 51.8 Å². The van der Waals surface area contributed by atoms with E-state index in [-0.39, 0.29) is 17.6 Å². The molecule has 1 heterocycles. The lowest BCUT2D eigenvalue weighted by molar-refractivity contribution is -0.189. The Hall–Kier alpha value is -3.41. The Balaban J connectivity index is 1.68. The van der Waals surface area contributed by atoms with Crippen molar-refractivity contribution in [2.24, 2.45) is 0 Å². The van der Waals surface area contributed by atoms with Crippen molar-refractivity contribution < 1.29 is 40.3 Å². The van der Waals surface area contributed by atoms with E-state index in [0.717, 1.165) is 25.1 Å². The molecule has 0 aliphatic heterocycles. The van der Waals surface area contributed by atoms with Crippen molar-refractivity contribution in [2.45, 2.75) is 49.5 Å². The summed E-state index contributed by atoms with van der Waals surface area (Å²) in [4.78, 5) is 14.0. The number of halogens is 3. The van der Waals surface area contributed by atoms with Crippen molar-refractivity contribution in [2.75, 3.05) is 19.0 Å². The molecule has 1 saturated carbocycles. The summed E-state index contributed by atoms with van der Waals surface area (Å²) in [6.07, 6.45) is -5.11. The lowest BCUT2D eigenvalue weighted by atomic mass is 9.96. The van der Waals surface area contributed by atoms with E-state index in [1.165, 1.54) is 18.2 Å².